The van der Waals surface area contributed by atoms with Gasteiger partial charge in [0, 0.05) is 19.7 Å². The summed E-state index contributed by atoms with van der Waals surface area (Å²) >= 11 is 0. The van der Waals surface area contributed by atoms with Crippen molar-refractivity contribution in [2.45, 2.75) is 0 Å². The van der Waals surface area contributed by atoms with Gasteiger partial charge in [-0.1, -0.05) is 0 Å². The molecule has 8 heteroatoms. The van der Waals surface area contributed by atoms with E-state index in [0.717, 1.165) is 0 Å². The van der Waals surface area contributed by atoms with Crippen molar-refractivity contribution in [1.82, 2.24) is 9.97 Å². The number of nitrogens with two attached hydrogens (primary N) is 2. The van der Waals surface area contributed by atoms with Gasteiger partial charge in [-0.15, -0.1) is 0 Å². The third kappa shape index (κ3) is 2.34. The predicted octanol–water partition coefficient (Wildman–Crippen LogP) is 1.26. The SMILES string of the molecule is CN(C)c1ccc(-c2nc(N)nc(N)c2C#N)c(F)c1C#N. The molecule has 0 amide bonds. The van der Waals surface area contributed by atoms with E-state index in [-0.39, 0.29) is 34.2 Å². The summed E-state index contributed by atoms with van der Waals surface area (Å²) in [7, 11) is 3.38. The average molecular weight is 297 g/mol. The quantitative estimate of drug-likeness (QED) is 0.853. The number of anilines is 3. The van der Waals surface area contributed by atoms with Crippen LogP contribution in [0, 0.1) is 28.5 Å². The molecular formula is C14H12FN7. The standard InChI is InChI=1S/C14H12FN7/c1-22(2)10-4-3-7(11(15)8(10)5-16)12-9(6-17)13(18)21-14(19)20-12/h3-4H,1-2H3,(H4,18,19,20,21). The van der Waals surface area contributed by atoms with Crippen LogP contribution >= 0.6 is 0 Å². The van der Waals surface area contributed by atoms with Gasteiger partial charge in [-0.05, 0) is 12.1 Å². The number of nitrogens with zero attached hydrogens (tertiary/aromatic N) is 5. The molecule has 1 aromatic carbocycles. The van der Waals surface area contributed by atoms with Gasteiger partial charge in [0.05, 0.1) is 11.4 Å². The van der Waals surface area contributed by atoms with E-state index >= 15 is 0 Å². The molecule has 0 fully saturated rings. The lowest BCUT2D eigenvalue weighted by atomic mass is 10.0. The Balaban J connectivity index is 2.81. The van der Waals surface area contributed by atoms with E-state index in [1.165, 1.54) is 6.07 Å². The second-order valence-electron chi connectivity index (χ2n) is 4.63. The first kappa shape index (κ1) is 15.0. The topological polar surface area (TPSA) is 129 Å². The zero-order valence-corrected chi connectivity index (χ0v) is 11.9. The van der Waals surface area contributed by atoms with E-state index in [2.05, 4.69) is 9.97 Å². The Morgan fingerprint density at radius 3 is 2.27 bits per heavy atom. The van der Waals surface area contributed by atoms with Crippen LogP contribution in [0.4, 0.5) is 21.8 Å². The number of rotatable bonds is 2. The fraction of sp³-hybridized carbons (Fsp3) is 0.143. The molecule has 0 saturated carbocycles. The first-order valence-electron chi connectivity index (χ1n) is 6.14. The maximum Gasteiger partial charge on any atom is 0.222 e. The van der Waals surface area contributed by atoms with Gasteiger partial charge in [0.2, 0.25) is 5.95 Å². The Bertz CT molecular complexity index is 831. The van der Waals surface area contributed by atoms with Gasteiger partial charge in [-0.25, -0.2) is 9.37 Å². The molecule has 0 saturated heterocycles. The van der Waals surface area contributed by atoms with Gasteiger partial charge in [0.15, 0.2) is 5.82 Å². The zero-order valence-electron chi connectivity index (χ0n) is 11.9. The number of hydrogen-bond acceptors (Lipinski definition) is 7. The first-order valence-corrected chi connectivity index (χ1v) is 6.14. The number of halogens is 1. The van der Waals surface area contributed by atoms with Crippen LogP contribution in [0.2, 0.25) is 0 Å². The highest BCUT2D eigenvalue weighted by atomic mass is 19.1. The van der Waals surface area contributed by atoms with Crippen LogP contribution < -0.4 is 16.4 Å². The van der Waals surface area contributed by atoms with Gasteiger partial charge in [-0.2, -0.15) is 15.5 Å². The molecule has 22 heavy (non-hydrogen) atoms. The molecule has 0 atom stereocenters. The van der Waals surface area contributed by atoms with Crippen LogP contribution in [0.5, 0.6) is 0 Å². The molecule has 110 valence electrons. The number of hydrogen-bond donors (Lipinski definition) is 2. The fourth-order valence-electron chi connectivity index (χ4n) is 2.03. The second kappa shape index (κ2) is 5.54. The molecule has 0 aliphatic heterocycles. The fourth-order valence-corrected chi connectivity index (χ4v) is 2.03. The molecule has 0 aliphatic carbocycles. The number of nitrogen functional groups attached to an aromatic ring is 2. The van der Waals surface area contributed by atoms with Crippen LogP contribution in [0.15, 0.2) is 12.1 Å². The van der Waals surface area contributed by atoms with E-state index < -0.39 is 5.82 Å². The molecule has 2 rings (SSSR count). The van der Waals surface area contributed by atoms with Gasteiger partial charge in [-0.3, -0.25) is 0 Å². The van der Waals surface area contributed by atoms with E-state index in [1.54, 1.807) is 25.1 Å². The summed E-state index contributed by atoms with van der Waals surface area (Å²) in [6, 6.07) is 6.63. The largest absolute Gasteiger partial charge is 0.382 e. The lowest BCUT2D eigenvalue weighted by molar-refractivity contribution is 0.626. The van der Waals surface area contributed by atoms with Crippen LogP contribution in [-0.4, -0.2) is 24.1 Å². The summed E-state index contributed by atoms with van der Waals surface area (Å²) in [5.74, 6) is -1.11. The summed E-state index contributed by atoms with van der Waals surface area (Å²) in [5.41, 5.74) is 11.2. The highest BCUT2D eigenvalue weighted by Gasteiger charge is 2.21. The molecule has 0 spiro atoms. The van der Waals surface area contributed by atoms with Crippen molar-refractivity contribution >= 4 is 17.5 Å². The number of aromatic nitrogens is 2. The minimum atomic E-state index is -0.789. The van der Waals surface area contributed by atoms with Crippen LogP contribution in [0.1, 0.15) is 11.1 Å². The summed E-state index contributed by atoms with van der Waals surface area (Å²) in [5, 5.41) is 18.4. The van der Waals surface area contributed by atoms with Crippen molar-refractivity contribution in [3.05, 3.63) is 29.1 Å². The van der Waals surface area contributed by atoms with E-state index in [9.17, 15) is 9.65 Å². The molecular weight excluding hydrogens is 285 g/mol. The Morgan fingerprint density at radius 1 is 1.09 bits per heavy atom. The van der Waals surface area contributed by atoms with Gasteiger partial charge in [0.25, 0.3) is 0 Å². The van der Waals surface area contributed by atoms with Gasteiger partial charge in [0.1, 0.15) is 29.1 Å². The molecule has 1 aromatic heterocycles. The molecule has 0 radical (unpaired) electrons. The normalized spacial score (nSPS) is 9.86. The summed E-state index contributed by atoms with van der Waals surface area (Å²) in [6.07, 6.45) is 0. The highest BCUT2D eigenvalue weighted by molar-refractivity contribution is 5.77. The van der Waals surface area contributed by atoms with Crippen LogP contribution in [0.3, 0.4) is 0 Å². The molecule has 4 N–H and O–H groups in total. The maximum atomic E-state index is 14.7. The van der Waals surface area contributed by atoms with Gasteiger partial charge >= 0.3 is 0 Å². The molecule has 0 unspecified atom stereocenters. The second-order valence-corrected chi connectivity index (χ2v) is 4.63. The molecule has 7 nitrogen and oxygen atoms in total. The van der Waals surface area contributed by atoms with Crippen LogP contribution in [-0.2, 0) is 0 Å². The average Bonchev–Trinajstić information content (AvgIpc) is 2.45. The van der Waals surface area contributed by atoms with E-state index in [1.807, 2.05) is 12.1 Å². The van der Waals surface area contributed by atoms with Crippen molar-refractivity contribution < 1.29 is 4.39 Å². The first-order chi connectivity index (χ1) is 10.4. The van der Waals surface area contributed by atoms with Crippen molar-refractivity contribution in [2.24, 2.45) is 0 Å². The zero-order chi connectivity index (χ0) is 16.4. The lowest BCUT2D eigenvalue weighted by Crippen LogP contribution is -2.12. The molecule has 0 bridgehead atoms. The minimum Gasteiger partial charge on any atom is -0.382 e. The molecule has 0 aliphatic rings. The number of nitriles is 2. The Labute approximate surface area is 126 Å². The summed E-state index contributed by atoms with van der Waals surface area (Å²) in [6.45, 7) is 0. The lowest BCUT2D eigenvalue weighted by Gasteiger charge is -2.16. The monoisotopic (exact) mass is 297 g/mol. The third-order valence-corrected chi connectivity index (χ3v) is 3.03. The minimum absolute atomic E-state index is 0.0282. The summed E-state index contributed by atoms with van der Waals surface area (Å²) in [4.78, 5) is 9.17. The Hall–Kier alpha value is -3.39. The van der Waals surface area contributed by atoms with E-state index in [4.69, 9.17) is 16.7 Å². The molecule has 2 aromatic rings. The smallest absolute Gasteiger partial charge is 0.222 e. The Kier molecular flexibility index (Phi) is 3.78. The predicted molar refractivity (Wildman–Crippen MR) is 80.0 cm³/mol. The highest BCUT2D eigenvalue weighted by Crippen LogP contribution is 2.32. The van der Waals surface area contributed by atoms with Crippen molar-refractivity contribution in [1.29, 1.82) is 10.5 Å². The third-order valence-electron chi connectivity index (χ3n) is 3.03. The van der Waals surface area contributed by atoms with Crippen LogP contribution in [0.25, 0.3) is 11.3 Å². The molecule has 1 heterocycles. The number of benzene rings is 1. The summed E-state index contributed by atoms with van der Waals surface area (Å²) < 4.78 is 14.7. The van der Waals surface area contributed by atoms with Crippen molar-refractivity contribution in [3.8, 4) is 23.4 Å². The van der Waals surface area contributed by atoms with Gasteiger partial charge < -0.3 is 16.4 Å². The maximum absolute atomic E-state index is 14.7. The van der Waals surface area contributed by atoms with Crippen molar-refractivity contribution in [2.75, 3.05) is 30.5 Å². The van der Waals surface area contributed by atoms with Crippen molar-refractivity contribution in [3.63, 3.8) is 0 Å². The Morgan fingerprint density at radius 2 is 1.73 bits per heavy atom. The van der Waals surface area contributed by atoms with E-state index in [0.29, 0.717) is 5.69 Å².